The molecule has 0 bridgehead atoms. The molecule has 1 fully saturated rings. The van der Waals surface area contributed by atoms with E-state index in [1.165, 1.54) is 18.2 Å². The average molecular weight is 261 g/mol. The minimum absolute atomic E-state index is 0.0279. The van der Waals surface area contributed by atoms with Crippen LogP contribution in [0.1, 0.15) is 24.0 Å². The first-order valence-electron chi connectivity index (χ1n) is 6.25. The molecule has 0 atom stereocenters. The van der Waals surface area contributed by atoms with Gasteiger partial charge in [0.15, 0.2) is 0 Å². The smallest absolute Gasteiger partial charge is 0.234 e. The molecule has 5 heteroatoms. The van der Waals surface area contributed by atoms with Gasteiger partial charge in [0.2, 0.25) is 5.91 Å². The van der Waals surface area contributed by atoms with E-state index in [4.69, 9.17) is 5.26 Å². The number of halogens is 1. The van der Waals surface area contributed by atoms with Crippen LogP contribution in [0.2, 0.25) is 0 Å². The van der Waals surface area contributed by atoms with E-state index in [0.717, 1.165) is 12.8 Å². The highest BCUT2D eigenvalue weighted by Gasteiger charge is 2.23. The molecule has 1 aliphatic carbocycles. The van der Waals surface area contributed by atoms with Gasteiger partial charge in [-0.05, 0) is 43.7 Å². The summed E-state index contributed by atoms with van der Waals surface area (Å²) in [6.45, 7) is 0.622. The largest absolute Gasteiger partial charge is 0.352 e. The second kappa shape index (κ2) is 5.81. The van der Waals surface area contributed by atoms with E-state index >= 15 is 0 Å². The van der Waals surface area contributed by atoms with Gasteiger partial charge in [0, 0.05) is 12.6 Å². The Morgan fingerprint density at radius 1 is 1.58 bits per heavy atom. The van der Waals surface area contributed by atoms with Gasteiger partial charge in [0.05, 0.1) is 18.2 Å². The molecule has 1 amide bonds. The fourth-order valence-electron chi connectivity index (χ4n) is 1.90. The number of hydrogen-bond donors (Lipinski definition) is 1. The van der Waals surface area contributed by atoms with Crippen molar-refractivity contribution in [1.29, 1.82) is 5.26 Å². The van der Waals surface area contributed by atoms with Crippen molar-refractivity contribution in [3.05, 3.63) is 35.1 Å². The van der Waals surface area contributed by atoms with Gasteiger partial charge >= 0.3 is 0 Å². The summed E-state index contributed by atoms with van der Waals surface area (Å²) in [6.07, 6.45) is 2.11. The molecule has 0 saturated heterocycles. The lowest BCUT2D eigenvalue weighted by Gasteiger charge is -2.17. The molecular formula is C14H16FN3O. The number of likely N-dealkylation sites (N-methyl/N-ethyl adjacent to an activating group) is 1. The third kappa shape index (κ3) is 4.04. The first-order chi connectivity index (χ1) is 9.08. The highest BCUT2D eigenvalue weighted by atomic mass is 19.1. The maximum absolute atomic E-state index is 13.2. The normalized spacial score (nSPS) is 14.2. The van der Waals surface area contributed by atoms with E-state index in [-0.39, 0.29) is 18.3 Å². The van der Waals surface area contributed by atoms with Gasteiger partial charge in [0.1, 0.15) is 5.82 Å². The van der Waals surface area contributed by atoms with Crippen molar-refractivity contribution in [2.45, 2.75) is 25.4 Å². The van der Waals surface area contributed by atoms with Crippen molar-refractivity contribution < 1.29 is 9.18 Å². The third-order valence-corrected chi connectivity index (χ3v) is 2.98. The highest BCUT2D eigenvalue weighted by Crippen LogP contribution is 2.18. The van der Waals surface area contributed by atoms with Crippen LogP contribution in [0, 0.1) is 17.1 Å². The molecule has 2 rings (SSSR count). The molecule has 0 radical (unpaired) electrons. The lowest BCUT2D eigenvalue weighted by molar-refractivity contribution is -0.122. The van der Waals surface area contributed by atoms with Crippen LogP contribution in [0.4, 0.5) is 4.39 Å². The van der Waals surface area contributed by atoms with E-state index in [9.17, 15) is 9.18 Å². The average Bonchev–Trinajstić information content (AvgIpc) is 3.12. The molecule has 0 unspecified atom stereocenters. The fraction of sp³-hybridized carbons (Fsp3) is 0.429. The van der Waals surface area contributed by atoms with Gasteiger partial charge in [-0.25, -0.2) is 4.39 Å². The molecule has 100 valence electrons. The van der Waals surface area contributed by atoms with E-state index < -0.39 is 0 Å². The van der Waals surface area contributed by atoms with Crippen molar-refractivity contribution in [2.75, 3.05) is 13.6 Å². The standard InChI is InChI=1S/C14H16FN3O/c1-18(9-14(19)17-13-4-5-13)8-11-6-12(15)3-2-10(11)7-16/h2-3,6,13H,4-5,8-9H2,1H3,(H,17,19). The summed E-state index contributed by atoms with van der Waals surface area (Å²) in [5.74, 6) is -0.398. The molecule has 0 spiro atoms. The summed E-state index contributed by atoms with van der Waals surface area (Å²) in [6, 6.07) is 6.44. The Bertz CT molecular complexity index is 520. The Hall–Kier alpha value is -1.93. The zero-order chi connectivity index (χ0) is 13.8. The fourth-order valence-corrected chi connectivity index (χ4v) is 1.90. The van der Waals surface area contributed by atoms with Crippen LogP contribution >= 0.6 is 0 Å². The predicted octanol–water partition coefficient (Wildman–Crippen LogP) is 1.41. The summed E-state index contributed by atoms with van der Waals surface area (Å²) < 4.78 is 13.2. The number of nitrogens with zero attached hydrogens (tertiary/aromatic N) is 2. The molecule has 1 saturated carbocycles. The van der Waals surface area contributed by atoms with Crippen LogP contribution in [-0.2, 0) is 11.3 Å². The Balaban J connectivity index is 1.93. The van der Waals surface area contributed by atoms with E-state index in [1.54, 1.807) is 11.9 Å². The van der Waals surface area contributed by atoms with E-state index in [2.05, 4.69) is 5.32 Å². The second-order valence-corrected chi connectivity index (χ2v) is 4.93. The van der Waals surface area contributed by atoms with E-state index in [1.807, 2.05) is 6.07 Å². The third-order valence-electron chi connectivity index (χ3n) is 2.98. The summed E-state index contributed by atoms with van der Waals surface area (Å²) in [5, 5.41) is 11.9. The topological polar surface area (TPSA) is 56.1 Å². The lowest BCUT2D eigenvalue weighted by atomic mass is 10.1. The zero-order valence-electron chi connectivity index (χ0n) is 10.8. The van der Waals surface area contributed by atoms with Crippen molar-refractivity contribution >= 4 is 5.91 Å². The maximum Gasteiger partial charge on any atom is 0.234 e. The molecule has 0 aliphatic heterocycles. The summed E-state index contributed by atoms with van der Waals surface area (Å²) in [7, 11) is 1.78. The predicted molar refractivity (Wildman–Crippen MR) is 68.6 cm³/mol. The van der Waals surface area contributed by atoms with Crippen molar-refractivity contribution in [2.24, 2.45) is 0 Å². The Morgan fingerprint density at radius 3 is 2.95 bits per heavy atom. The lowest BCUT2D eigenvalue weighted by Crippen LogP contribution is -2.36. The first-order valence-corrected chi connectivity index (χ1v) is 6.25. The van der Waals surface area contributed by atoms with Crippen LogP contribution in [-0.4, -0.2) is 30.4 Å². The number of nitrogens with one attached hydrogen (secondary N) is 1. The summed E-state index contributed by atoms with van der Waals surface area (Å²) in [4.78, 5) is 13.4. The molecule has 1 aliphatic rings. The van der Waals surface area contributed by atoms with Crippen LogP contribution < -0.4 is 5.32 Å². The minimum atomic E-state index is -0.371. The van der Waals surface area contributed by atoms with Gasteiger partial charge < -0.3 is 5.32 Å². The number of carbonyl (C=O) groups excluding carboxylic acids is 1. The Morgan fingerprint density at radius 2 is 2.32 bits per heavy atom. The van der Waals surface area contributed by atoms with Gasteiger partial charge in [-0.3, -0.25) is 9.69 Å². The molecule has 1 N–H and O–H groups in total. The number of hydrogen-bond acceptors (Lipinski definition) is 3. The molecule has 1 aromatic carbocycles. The Kier molecular flexibility index (Phi) is 4.13. The number of benzene rings is 1. The minimum Gasteiger partial charge on any atom is -0.352 e. The van der Waals surface area contributed by atoms with Crippen molar-refractivity contribution in [3.63, 3.8) is 0 Å². The highest BCUT2D eigenvalue weighted by molar-refractivity contribution is 5.78. The molecular weight excluding hydrogens is 245 g/mol. The summed E-state index contributed by atoms with van der Waals surface area (Å²) >= 11 is 0. The van der Waals surface area contributed by atoms with Crippen LogP contribution in [0.25, 0.3) is 0 Å². The van der Waals surface area contributed by atoms with Gasteiger partial charge in [-0.1, -0.05) is 0 Å². The molecule has 0 aromatic heterocycles. The van der Waals surface area contributed by atoms with E-state index in [0.29, 0.717) is 23.7 Å². The van der Waals surface area contributed by atoms with Gasteiger partial charge in [-0.2, -0.15) is 5.26 Å². The zero-order valence-corrected chi connectivity index (χ0v) is 10.8. The number of carbonyl (C=O) groups is 1. The molecule has 1 aromatic rings. The van der Waals surface area contributed by atoms with Crippen molar-refractivity contribution in [3.8, 4) is 6.07 Å². The molecule has 0 heterocycles. The second-order valence-electron chi connectivity index (χ2n) is 4.93. The quantitative estimate of drug-likeness (QED) is 0.872. The van der Waals surface area contributed by atoms with Crippen molar-refractivity contribution in [1.82, 2.24) is 10.2 Å². The SMILES string of the molecule is CN(CC(=O)NC1CC1)Cc1cc(F)ccc1C#N. The number of nitriles is 1. The first kappa shape index (κ1) is 13.5. The van der Waals surface area contributed by atoms with Crippen LogP contribution in [0.15, 0.2) is 18.2 Å². The van der Waals surface area contributed by atoms with Gasteiger partial charge in [0.25, 0.3) is 0 Å². The number of amides is 1. The monoisotopic (exact) mass is 261 g/mol. The Labute approximate surface area is 111 Å². The molecule has 4 nitrogen and oxygen atoms in total. The van der Waals surface area contributed by atoms with Gasteiger partial charge in [-0.15, -0.1) is 0 Å². The number of rotatable bonds is 5. The maximum atomic E-state index is 13.2. The van der Waals surface area contributed by atoms with Crippen LogP contribution in [0.3, 0.4) is 0 Å². The molecule has 19 heavy (non-hydrogen) atoms. The summed E-state index contributed by atoms with van der Waals surface area (Å²) in [5.41, 5.74) is 1.04. The van der Waals surface area contributed by atoms with Crippen LogP contribution in [0.5, 0.6) is 0 Å².